The van der Waals surface area contributed by atoms with Crippen molar-refractivity contribution >= 4 is 30.5 Å². The molecule has 3 atom stereocenters. The Kier molecular flexibility index (Phi) is 7.79. The predicted octanol–water partition coefficient (Wildman–Crippen LogP) is 2.58. The first kappa shape index (κ1) is 23.6. The van der Waals surface area contributed by atoms with Crippen LogP contribution in [0.4, 0.5) is 5.82 Å². The molecule has 0 unspecified atom stereocenters. The Hall–Kier alpha value is -3.01. The van der Waals surface area contributed by atoms with Crippen molar-refractivity contribution in [2.24, 2.45) is 0 Å². The molecule has 3 rings (SSSR count). The molecule has 3 N–H and O–H groups in total. The molecule has 11 nitrogen and oxygen atoms in total. The summed E-state index contributed by atoms with van der Waals surface area (Å²) in [6.07, 6.45) is 2.31. The second-order valence-corrected chi connectivity index (χ2v) is 9.16. The highest BCUT2D eigenvalue weighted by Gasteiger charge is 2.31. The average Bonchev–Trinajstić information content (AvgIpc) is 3.17. The largest absolute Gasteiger partial charge is 0.465 e. The summed E-state index contributed by atoms with van der Waals surface area (Å²) in [6.45, 7) is 5.68. The van der Waals surface area contributed by atoms with E-state index in [2.05, 4.69) is 20.0 Å². The van der Waals surface area contributed by atoms with Crippen molar-refractivity contribution in [3.05, 3.63) is 43.0 Å². The lowest BCUT2D eigenvalue weighted by atomic mass is 10.3. The van der Waals surface area contributed by atoms with Gasteiger partial charge < -0.3 is 24.3 Å². The Morgan fingerprint density at radius 1 is 1.22 bits per heavy atom. The first-order valence-corrected chi connectivity index (χ1v) is 11.9. The van der Waals surface area contributed by atoms with Crippen molar-refractivity contribution in [2.75, 3.05) is 18.7 Å². The molecule has 172 valence electrons. The summed E-state index contributed by atoms with van der Waals surface area (Å²) in [6, 6.07) is 7.84. The lowest BCUT2D eigenvalue weighted by Gasteiger charge is -2.25. The number of aromatic nitrogens is 4. The van der Waals surface area contributed by atoms with Crippen molar-refractivity contribution < 1.29 is 23.4 Å². The number of ether oxygens (including phenoxy) is 2. The Morgan fingerprint density at radius 3 is 2.69 bits per heavy atom. The molecule has 3 aromatic rings. The van der Waals surface area contributed by atoms with Crippen LogP contribution in [-0.4, -0.2) is 50.6 Å². The van der Waals surface area contributed by atoms with Crippen LogP contribution in [0.3, 0.4) is 0 Å². The molecule has 0 bridgehead atoms. The molecule has 0 fully saturated rings. The van der Waals surface area contributed by atoms with E-state index >= 15 is 0 Å². The van der Waals surface area contributed by atoms with Gasteiger partial charge in [0.15, 0.2) is 11.5 Å². The zero-order chi connectivity index (χ0) is 23.1. The maximum atomic E-state index is 13.5. The van der Waals surface area contributed by atoms with Gasteiger partial charge in [0.1, 0.15) is 30.0 Å². The van der Waals surface area contributed by atoms with Crippen molar-refractivity contribution in [1.29, 1.82) is 0 Å². The molecule has 2 aromatic heterocycles. The molecule has 2 heterocycles. The van der Waals surface area contributed by atoms with E-state index in [9.17, 15) is 9.36 Å². The first-order valence-electron chi connectivity index (χ1n) is 10.1. The summed E-state index contributed by atoms with van der Waals surface area (Å²) in [4.78, 5) is 24.4. The van der Waals surface area contributed by atoms with E-state index in [1.165, 1.54) is 6.33 Å². The maximum Gasteiger partial charge on any atom is 0.342 e. The minimum absolute atomic E-state index is 0.217. The minimum Gasteiger partial charge on any atom is -0.465 e. The van der Waals surface area contributed by atoms with E-state index in [-0.39, 0.29) is 19.1 Å². The summed E-state index contributed by atoms with van der Waals surface area (Å²) in [7, 11) is -3.62. The van der Waals surface area contributed by atoms with Crippen LogP contribution in [0.5, 0.6) is 5.75 Å². The minimum atomic E-state index is -3.62. The topological polar surface area (TPSA) is 143 Å². The van der Waals surface area contributed by atoms with Gasteiger partial charge in [0.05, 0.1) is 25.6 Å². The number of nitrogens with one attached hydrogen (secondary N) is 1. The number of rotatable bonds is 11. The molecule has 0 saturated carbocycles. The fourth-order valence-electron chi connectivity index (χ4n) is 2.94. The maximum absolute atomic E-state index is 13.5. The number of nitrogen functional groups attached to an aromatic ring is 1. The van der Waals surface area contributed by atoms with Crippen LogP contribution in [0.15, 0.2) is 43.0 Å². The number of carbonyl (C=O) groups is 1. The summed E-state index contributed by atoms with van der Waals surface area (Å²) in [5.41, 5.74) is 6.90. The number of nitrogens with two attached hydrogens (primary N) is 1. The number of esters is 1. The number of anilines is 1. The molecule has 0 aliphatic heterocycles. The van der Waals surface area contributed by atoms with Gasteiger partial charge in [-0.25, -0.2) is 20.0 Å². The number of nitrogens with zero attached hydrogens (tertiary/aromatic N) is 4. The van der Waals surface area contributed by atoms with Gasteiger partial charge in [0.25, 0.3) is 0 Å². The third-order valence-corrected chi connectivity index (χ3v) is 6.21. The lowest BCUT2D eigenvalue weighted by molar-refractivity contribution is -0.144. The van der Waals surface area contributed by atoms with E-state index in [0.717, 1.165) is 0 Å². The Balaban J connectivity index is 1.69. The van der Waals surface area contributed by atoms with Gasteiger partial charge in [0.2, 0.25) is 0 Å². The van der Waals surface area contributed by atoms with Crippen LogP contribution in [0.2, 0.25) is 0 Å². The smallest absolute Gasteiger partial charge is 0.342 e. The summed E-state index contributed by atoms with van der Waals surface area (Å²) >= 11 is 0. The Bertz CT molecular complexity index is 1090. The van der Waals surface area contributed by atoms with Crippen LogP contribution >= 0.6 is 7.52 Å². The second-order valence-electron chi connectivity index (χ2n) is 7.12. The van der Waals surface area contributed by atoms with Crippen LogP contribution in [0.25, 0.3) is 11.2 Å². The van der Waals surface area contributed by atoms with Crippen LogP contribution in [0, 0.1) is 0 Å². The molecule has 0 spiro atoms. The molecule has 0 saturated heterocycles. The van der Waals surface area contributed by atoms with E-state index < -0.39 is 19.5 Å². The third-order valence-electron chi connectivity index (χ3n) is 4.44. The highest BCUT2D eigenvalue weighted by Crippen LogP contribution is 2.44. The fraction of sp³-hybridized carbons (Fsp3) is 0.400. The third kappa shape index (κ3) is 6.03. The number of hydrogen-bond donors (Lipinski definition) is 2. The van der Waals surface area contributed by atoms with Gasteiger partial charge in [-0.15, -0.1) is 0 Å². The molecule has 32 heavy (non-hydrogen) atoms. The molecule has 12 heteroatoms. The molecule has 0 radical (unpaired) electrons. The zero-order valence-electron chi connectivity index (χ0n) is 18.2. The molecule has 0 aliphatic carbocycles. The van der Waals surface area contributed by atoms with Crippen molar-refractivity contribution in [1.82, 2.24) is 24.6 Å². The highest BCUT2D eigenvalue weighted by molar-refractivity contribution is 7.57. The molecular weight excluding hydrogens is 435 g/mol. The van der Waals surface area contributed by atoms with E-state index in [0.29, 0.717) is 29.3 Å². The van der Waals surface area contributed by atoms with Gasteiger partial charge in [-0.2, -0.15) is 0 Å². The number of hydrogen-bond acceptors (Lipinski definition) is 9. The normalized spacial score (nSPS) is 15.1. The number of imidazole rings is 1. The van der Waals surface area contributed by atoms with E-state index in [1.54, 1.807) is 49.0 Å². The lowest BCUT2D eigenvalue weighted by Crippen LogP contribution is -2.36. The standard InChI is InChI=1S/C20H27N6O5P/c1-4-29-20(27)15(3)25-32(28,31-16-8-6-5-7-9-16)13-30-14(2)10-26-12-24-17-18(21)22-11-23-19(17)26/h5-9,11-12,14-15H,4,10,13H2,1-3H3,(H,25,28)(H2,21,22,23)/t14-,15+,32+/m1/s1. The molecule has 1 aromatic carbocycles. The van der Waals surface area contributed by atoms with Crippen molar-refractivity contribution in [3.63, 3.8) is 0 Å². The summed E-state index contributed by atoms with van der Waals surface area (Å²) < 4.78 is 31.9. The number of fused-ring (bicyclic) bond motifs is 1. The highest BCUT2D eigenvalue weighted by atomic mass is 31.2. The van der Waals surface area contributed by atoms with Crippen LogP contribution in [-0.2, 0) is 25.4 Å². The average molecular weight is 462 g/mol. The molecule has 0 amide bonds. The van der Waals surface area contributed by atoms with E-state index in [1.807, 2.05) is 13.0 Å². The monoisotopic (exact) mass is 462 g/mol. The predicted molar refractivity (Wildman–Crippen MR) is 119 cm³/mol. The number of para-hydroxylation sites is 1. The molecular formula is C20H27N6O5P. The number of benzene rings is 1. The van der Waals surface area contributed by atoms with Gasteiger partial charge in [-0.1, -0.05) is 18.2 Å². The number of carbonyl (C=O) groups excluding carboxylic acids is 1. The SMILES string of the molecule is CCOC(=O)[C@H](C)N[P@](=O)(CO[C@H](C)Cn1cnc2c(N)ncnc21)Oc1ccccc1. The first-order chi connectivity index (χ1) is 15.3. The Morgan fingerprint density at radius 2 is 1.97 bits per heavy atom. The van der Waals surface area contributed by atoms with Crippen LogP contribution in [0.1, 0.15) is 20.8 Å². The molecule has 0 aliphatic rings. The van der Waals surface area contributed by atoms with Gasteiger partial charge >= 0.3 is 13.5 Å². The fourth-order valence-corrected chi connectivity index (χ4v) is 4.73. The van der Waals surface area contributed by atoms with Gasteiger partial charge in [-0.3, -0.25) is 9.36 Å². The Labute approximate surface area is 185 Å². The quantitative estimate of drug-likeness (QED) is 0.322. The van der Waals surface area contributed by atoms with Gasteiger partial charge in [-0.05, 0) is 32.9 Å². The van der Waals surface area contributed by atoms with Crippen LogP contribution < -0.4 is 15.3 Å². The zero-order valence-corrected chi connectivity index (χ0v) is 19.1. The second kappa shape index (κ2) is 10.5. The van der Waals surface area contributed by atoms with E-state index in [4.69, 9.17) is 19.7 Å². The van der Waals surface area contributed by atoms with Gasteiger partial charge in [0, 0.05) is 0 Å². The van der Waals surface area contributed by atoms with Crippen molar-refractivity contribution in [3.8, 4) is 5.75 Å². The summed E-state index contributed by atoms with van der Waals surface area (Å²) in [5.74, 6) is 0.156. The summed E-state index contributed by atoms with van der Waals surface area (Å²) in [5, 5.41) is 2.76. The van der Waals surface area contributed by atoms with Crippen molar-refractivity contribution in [2.45, 2.75) is 39.5 Å².